The predicted octanol–water partition coefficient (Wildman–Crippen LogP) is 2.29. The molecular weight excluding hydrogens is 374 g/mol. The number of ketones is 1. The minimum Gasteiger partial charge on any atom is -0.360 e. The Morgan fingerprint density at radius 2 is 1.63 bits per heavy atom. The maximum Gasteiger partial charge on any atom is 0.226 e. The van der Waals surface area contributed by atoms with Crippen LogP contribution in [0.5, 0.6) is 0 Å². The fourth-order valence-corrected chi connectivity index (χ4v) is 4.39. The molecule has 1 saturated heterocycles. The molecule has 0 unspecified atom stereocenters. The highest BCUT2D eigenvalue weighted by atomic mass is 16.1. The molecule has 1 fully saturated rings. The third kappa shape index (κ3) is 3.46. The average Bonchev–Trinajstić information content (AvgIpc) is 3.25. The summed E-state index contributed by atoms with van der Waals surface area (Å²) < 4.78 is 0. The standard InChI is InChI=1S/C24H23N5O/c30-23(20-17-27-21-10-5-4-9-19(20)21)22(18-7-2-1-3-8-18)28-13-15-29(16-14-28)24-25-11-6-12-26-24/h1-12,17,22,27H,13-16H2/p+1/t22-/m0/s1. The number of aromatic nitrogens is 3. The summed E-state index contributed by atoms with van der Waals surface area (Å²) in [6.45, 7) is 3.35. The summed E-state index contributed by atoms with van der Waals surface area (Å²) >= 11 is 0. The van der Waals surface area contributed by atoms with Gasteiger partial charge in [-0.3, -0.25) is 4.79 Å². The number of H-pyrrole nitrogens is 1. The van der Waals surface area contributed by atoms with Gasteiger partial charge in [0.2, 0.25) is 11.7 Å². The second-order valence-corrected chi connectivity index (χ2v) is 7.65. The molecule has 30 heavy (non-hydrogen) atoms. The minimum absolute atomic E-state index is 0.165. The second-order valence-electron chi connectivity index (χ2n) is 7.65. The number of aromatic amines is 1. The van der Waals surface area contributed by atoms with Crippen molar-refractivity contribution in [2.45, 2.75) is 6.04 Å². The van der Waals surface area contributed by atoms with Crippen molar-refractivity contribution in [1.29, 1.82) is 0 Å². The molecule has 0 amide bonds. The Labute approximate surface area is 175 Å². The van der Waals surface area contributed by atoms with Gasteiger partial charge >= 0.3 is 0 Å². The Balaban J connectivity index is 1.44. The van der Waals surface area contributed by atoms with Crippen LogP contribution < -0.4 is 9.80 Å². The molecule has 1 aliphatic rings. The van der Waals surface area contributed by atoms with Crippen LogP contribution in [0.2, 0.25) is 0 Å². The SMILES string of the molecule is O=C(c1c[nH]c2ccccc12)[C@H](c1ccccc1)[NH+]1CCN(c2ncccn2)CC1. The van der Waals surface area contributed by atoms with Crippen molar-refractivity contribution in [3.63, 3.8) is 0 Å². The van der Waals surface area contributed by atoms with E-state index in [-0.39, 0.29) is 11.8 Å². The largest absolute Gasteiger partial charge is 0.360 e. The van der Waals surface area contributed by atoms with Crippen LogP contribution >= 0.6 is 0 Å². The molecule has 2 N–H and O–H groups in total. The molecule has 0 radical (unpaired) electrons. The molecule has 0 spiro atoms. The number of hydrogen-bond donors (Lipinski definition) is 2. The van der Waals surface area contributed by atoms with Gasteiger partial charge < -0.3 is 14.8 Å². The van der Waals surface area contributed by atoms with E-state index in [9.17, 15) is 4.79 Å². The van der Waals surface area contributed by atoms with E-state index in [1.807, 2.05) is 54.7 Å². The molecule has 2 aromatic heterocycles. The number of anilines is 1. The average molecular weight is 398 g/mol. The zero-order valence-corrected chi connectivity index (χ0v) is 16.7. The molecule has 0 saturated carbocycles. The smallest absolute Gasteiger partial charge is 0.226 e. The first kappa shape index (κ1) is 18.5. The van der Waals surface area contributed by atoms with Gasteiger partial charge in [-0.1, -0.05) is 48.5 Å². The lowest BCUT2D eigenvalue weighted by Crippen LogP contribution is -3.15. The number of piperazine rings is 1. The van der Waals surface area contributed by atoms with Crippen molar-refractivity contribution < 1.29 is 9.69 Å². The molecule has 0 bridgehead atoms. The van der Waals surface area contributed by atoms with Crippen molar-refractivity contribution in [2.75, 3.05) is 31.1 Å². The van der Waals surface area contributed by atoms with Crippen LogP contribution in [0.25, 0.3) is 10.9 Å². The number of carbonyl (C=O) groups excluding carboxylic acids is 1. The Morgan fingerprint density at radius 1 is 0.933 bits per heavy atom. The van der Waals surface area contributed by atoms with E-state index >= 15 is 0 Å². The van der Waals surface area contributed by atoms with Crippen LogP contribution in [0.4, 0.5) is 5.95 Å². The molecule has 1 atom stereocenters. The van der Waals surface area contributed by atoms with Crippen LogP contribution in [0.1, 0.15) is 22.0 Å². The van der Waals surface area contributed by atoms with E-state index in [0.717, 1.165) is 54.2 Å². The van der Waals surface area contributed by atoms with E-state index < -0.39 is 0 Å². The van der Waals surface area contributed by atoms with Crippen molar-refractivity contribution >= 4 is 22.6 Å². The molecule has 3 heterocycles. The van der Waals surface area contributed by atoms with E-state index in [1.54, 1.807) is 12.4 Å². The summed E-state index contributed by atoms with van der Waals surface area (Å²) in [7, 11) is 0. The van der Waals surface area contributed by atoms with Gasteiger partial charge in [0.25, 0.3) is 0 Å². The third-order valence-electron chi connectivity index (χ3n) is 5.90. The lowest BCUT2D eigenvalue weighted by atomic mass is 9.95. The first-order valence-electron chi connectivity index (χ1n) is 10.3. The molecule has 2 aromatic carbocycles. The van der Waals surface area contributed by atoms with Gasteiger partial charge in [0.15, 0.2) is 6.04 Å². The van der Waals surface area contributed by atoms with Crippen molar-refractivity contribution in [3.8, 4) is 0 Å². The Morgan fingerprint density at radius 3 is 2.40 bits per heavy atom. The molecule has 150 valence electrons. The van der Waals surface area contributed by atoms with Crippen molar-refractivity contribution in [1.82, 2.24) is 15.0 Å². The number of nitrogens with zero attached hydrogens (tertiary/aromatic N) is 3. The molecule has 0 aliphatic carbocycles. The molecule has 1 aliphatic heterocycles. The number of hydrogen-bond acceptors (Lipinski definition) is 4. The number of Topliss-reactive ketones (excluding diaryl/α,β-unsaturated/α-hetero) is 1. The third-order valence-corrected chi connectivity index (χ3v) is 5.90. The van der Waals surface area contributed by atoms with Crippen molar-refractivity contribution in [2.24, 2.45) is 0 Å². The number of para-hydroxylation sites is 1. The summed E-state index contributed by atoms with van der Waals surface area (Å²) in [6, 6.07) is 19.7. The monoisotopic (exact) mass is 398 g/mol. The molecule has 5 rings (SSSR count). The van der Waals surface area contributed by atoms with Crippen LogP contribution in [0.3, 0.4) is 0 Å². The second kappa shape index (κ2) is 8.08. The van der Waals surface area contributed by atoms with Gasteiger partial charge in [-0.2, -0.15) is 0 Å². The quantitative estimate of drug-likeness (QED) is 0.506. The van der Waals surface area contributed by atoms with Gasteiger partial charge in [-0.15, -0.1) is 0 Å². The van der Waals surface area contributed by atoms with Crippen LogP contribution in [-0.4, -0.2) is 46.9 Å². The number of rotatable bonds is 5. The van der Waals surface area contributed by atoms with Crippen LogP contribution in [-0.2, 0) is 0 Å². The summed E-state index contributed by atoms with van der Waals surface area (Å²) in [5, 5.41) is 0.985. The van der Waals surface area contributed by atoms with Gasteiger partial charge in [0, 0.05) is 40.6 Å². The Bertz CT molecular complexity index is 1130. The normalized spacial score (nSPS) is 15.9. The fourth-order valence-electron chi connectivity index (χ4n) is 4.39. The number of quaternary nitrogens is 1. The van der Waals surface area contributed by atoms with E-state index in [2.05, 4.69) is 32.0 Å². The summed E-state index contributed by atoms with van der Waals surface area (Å²) in [5.74, 6) is 0.925. The first-order valence-corrected chi connectivity index (χ1v) is 10.3. The van der Waals surface area contributed by atoms with Gasteiger partial charge in [-0.25, -0.2) is 9.97 Å². The summed E-state index contributed by atoms with van der Waals surface area (Å²) in [6.07, 6.45) is 5.40. The summed E-state index contributed by atoms with van der Waals surface area (Å²) in [4.78, 5) is 29.3. The number of fused-ring (bicyclic) bond motifs is 1. The fraction of sp³-hybridized carbons (Fsp3) is 0.208. The Kier molecular flexibility index (Phi) is 4.99. The predicted molar refractivity (Wildman–Crippen MR) is 117 cm³/mol. The van der Waals surface area contributed by atoms with Gasteiger partial charge in [-0.05, 0) is 12.1 Å². The maximum atomic E-state index is 13.8. The highest BCUT2D eigenvalue weighted by molar-refractivity contribution is 6.10. The van der Waals surface area contributed by atoms with E-state index in [0.29, 0.717) is 0 Å². The zero-order valence-electron chi connectivity index (χ0n) is 16.7. The molecule has 6 heteroatoms. The molecular formula is C24H24N5O+. The van der Waals surface area contributed by atoms with Gasteiger partial charge in [0.05, 0.1) is 26.2 Å². The molecule has 6 nitrogen and oxygen atoms in total. The zero-order chi connectivity index (χ0) is 20.3. The lowest BCUT2D eigenvalue weighted by molar-refractivity contribution is -0.922. The maximum absolute atomic E-state index is 13.8. The lowest BCUT2D eigenvalue weighted by Gasteiger charge is -2.36. The van der Waals surface area contributed by atoms with E-state index in [4.69, 9.17) is 0 Å². The van der Waals surface area contributed by atoms with Gasteiger partial charge in [0.1, 0.15) is 0 Å². The summed E-state index contributed by atoms with van der Waals surface area (Å²) in [5.41, 5.74) is 2.82. The number of carbonyl (C=O) groups is 1. The topological polar surface area (TPSA) is 66.3 Å². The Hall–Kier alpha value is -3.51. The van der Waals surface area contributed by atoms with Crippen LogP contribution in [0, 0.1) is 0 Å². The minimum atomic E-state index is -0.232. The number of nitrogens with one attached hydrogen (secondary N) is 2. The van der Waals surface area contributed by atoms with Crippen LogP contribution in [0.15, 0.2) is 79.3 Å². The van der Waals surface area contributed by atoms with Crippen molar-refractivity contribution in [3.05, 3.63) is 90.4 Å². The number of benzene rings is 2. The highest BCUT2D eigenvalue weighted by Gasteiger charge is 2.36. The highest BCUT2D eigenvalue weighted by Crippen LogP contribution is 2.23. The molecule has 4 aromatic rings. The van der Waals surface area contributed by atoms with E-state index in [1.165, 1.54) is 4.90 Å². The first-order chi connectivity index (χ1) is 14.8.